The number of nitrogens with one attached hydrogen (secondary N) is 2. The number of amides is 4. The van der Waals surface area contributed by atoms with Gasteiger partial charge in [-0.2, -0.15) is 5.06 Å². The van der Waals surface area contributed by atoms with E-state index in [0.29, 0.717) is 5.06 Å². The smallest absolute Gasteiger partial charge is 0.323 e. The van der Waals surface area contributed by atoms with E-state index >= 15 is 0 Å². The van der Waals surface area contributed by atoms with Gasteiger partial charge in [0.15, 0.2) is 0 Å². The standard InChI is InChI=1S/C6H11N3O4/c1-4(10)8-5(11)9(3)13-6(12)7-2/h1-3H3,(H,7,12)(H,8,10,11). The molecule has 7 nitrogen and oxygen atoms in total. The van der Waals surface area contributed by atoms with E-state index in [4.69, 9.17) is 0 Å². The molecule has 0 aliphatic rings. The molecule has 74 valence electrons. The Hall–Kier alpha value is -1.79. The molecule has 0 unspecified atom stereocenters. The lowest BCUT2D eigenvalue weighted by Gasteiger charge is -2.14. The van der Waals surface area contributed by atoms with Crippen molar-refractivity contribution in [1.29, 1.82) is 0 Å². The Morgan fingerprint density at radius 3 is 2.23 bits per heavy atom. The average molecular weight is 189 g/mol. The quantitative estimate of drug-likeness (QED) is 0.500. The molecule has 0 spiro atoms. The van der Waals surface area contributed by atoms with Crippen LogP contribution in [0.5, 0.6) is 0 Å². The number of nitrogens with zero attached hydrogens (tertiary/aromatic N) is 1. The molecule has 13 heavy (non-hydrogen) atoms. The van der Waals surface area contributed by atoms with Crippen molar-refractivity contribution in [3.8, 4) is 0 Å². The zero-order chi connectivity index (χ0) is 10.4. The molecule has 0 atom stereocenters. The van der Waals surface area contributed by atoms with Crippen molar-refractivity contribution < 1.29 is 19.2 Å². The molecule has 0 aromatic carbocycles. The number of rotatable bonds is 0. The highest BCUT2D eigenvalue weighted by atomic mass is 16.7. The molecule has 0 saturated heterocycles. The van der Waals surface area contributed by atoms with E-state index in [1.165, 1.54) is 21.0 Å². The lowest BCUT2D eigenvalue weighted by Crippen LogP contribution is -2.42. The van der Waals surface area contributed by atoms with Crippen LogP contribution in [0.25, 0.3) is 0 Å². The summed E-state index contributed by atoms with van der Waals surface area (Å²) in [5, 5.41) is 4.66. The monoisotopic (exact) mass is 189 g/mol. The lowest BCUT2D eigenvalue weighted by molar-refractivity contribution is -0.119. The van der Waals surface area contributed by atoms with Crippen LogP contribution in [0.15, 0.2) is 0 Å². The van der Waals surface area contributed by atoms with Crippen LogP contribution in [-0.4, -0.2) is 37.2 Å². The summed E-state index contributed by atoms with van der Waals surface area (Å²) >= 11 is 0. The number of carbonyl (C=O) groups excluding carboxylic acids is 3. The SMILES string of the molecule is CNC(=O)ON(C)C(=O)NC(C)=O. The number of hydrogen-bond donors (Lipinski definition) is 2. The summed E-state index contributed by atoms with van der Waals surface area (Å²) in [4.78, 5) is 36.2. The Labute approximate surface area is 75.0 Å². The topological polar surface area (TPSA) is 87.7 Å². The van der Waals surface area contributed by atoms with E-state index in [-0.39, 0.29) is 0 Å². The van der Waals surface area contributed by atoms with Crippen molar-refractivity contribution in [2.75, 3.05) is 14.1 Å². The van der Waals surface area contributed by atoms with Crippen LogP contribution < -0.4 is 10.6 Å². The minimum atomic E-state index is -0.809. The second kappa shape index (κ2) is 4.96. The zero-order valence-corrected chi connectivity index (χ0v) is 7.58. The third-order valence-corrected chi connectivity index (χ3v) is 0.993. The lowest BCUT2D eigenvalue weighted by atomic mass is 10.7. The maximum absolute atomic E-state index is 10.9. The Balaban J connectivity index is 3.96. The Morgan fingerprint density at radius 1 is 1.31 bits per heavy atom. The van der Waals surface area contributed by atoms with Gasteiger partial charge in [-0.3, -0.25) is 10.1 Å². The van der Waals surface area contributed by atoms with Gasteiger partial charge in [0, 0.05) is 14.0 Å². The number of imide groups is 1. The number of hydroxylamine groups is 2. The van der Waals surface area contributed by atoms with E-state index in [1.54, 1.807) is 0 Å². The van der Waals surface area contributed by atoms with Crippen LogP contribution in [0.1, 0.15) is 6.92 Å². The molecule has 0 radical (unpaired) electrons. The maximum atomic E-state index is 10.9. The first-order valence-corrected chi connectivity index (χ1v) is 3.42. The second-order valence-corrected chi connectivity index (χ2v) is 2.11. The fourth-order valence-electron chi connectivity index (χ4n) is 0.441. The van der Waals surface area contributed by atoms with Crippen LogP contribution in [-0.2, 0) is 9.63 Å². The summed E-state index contributed by atoms with van der Waals surface area (Å²) in [6.45, 7) is 1.17. The molecule has 2 N–H and O–H groups in total. The van der Waals surface area contributed by atoms with E-state index < -0.39 is 18.0 Å². The first kappa shape index (κ1) is 11.2. The van der Waals surface area contributed by atoms with Crippen molar-refractivity contribution in [1.82, 2.24) is 15.7 Å². The fraction of sp³-hybridized carbons (Fsp3) is 0.500. The largest absolute Gasteiger partial charge is 0.431 e. The van der Waals surface area contributed by atoms with E-state index in [9.17, 15) is 14.4 Å². The summed E-state index contributed by atoms with van der Waals surface area (Å²) in [6.07, 6.45) is -0.791. The van der Waals surface area contributed by atoms with E-state index in [2.05, 4.69) is 10.2 Å². The molecule has 0 aliphatic carbocycles. The first-order valence-electron chi connectivity index (χ1n) is 3.42. The molecule has 0 bridgehead atoms. The molecule has 0 rings (SSSR count). The van der Waals surface area contributed by atoms with Gasteiger partial charge in [0.1, 0.15) is 0 Å². The van der Waals surface area contributed by atoms with Gasteiger partial charge in [-0.25, -0.2) is 9.59 Å². The third kappa shape index (κ3) is 4.62. The zero-order valence-electron chi connectivity index (χ0n) is 7.58. The van der Waals surface area contributed by atoms with Crippen LogP contribution in [0.4, 0.5) is 9.59 Å². The Morgan fingerprint density at radius 2 is 1.85 bits per heavy atom. The third-order valence-electron chi connectivity index (χ3n) is 0.993. The van der Waals surface area contributed by atoms with Gasteiger partial charge >= 0.3 is 12.1 Å². The Kier molecular flexibility index (Phi) is 4.28. The van der Waals surface area contributed by atoms with Gasteiger partial charge < -0.3 is 10.2 Å². The normalized spacial score (nSPS) is 8.54. The highest BCUT2D eigenvalue weighted by molar-refractivity contribution is 5.92. The van der Waals surface area contributed by atoms with Crippen LogP contribution in [0, 0.1) is 0 Å². The minimum Gasteiger partial charge on any atom is -0.323 e. The number of carbonyl (C=O) groups is 3. The molecule has 0 aliphatic heterocycles. The molecule has 0 saturated carbocycles. The van der Waals surface area contributed by atoms with Crippen LogP contribution >= 0.6 is 0 Å². The Bertz CT molecular complexity index is 228. The molecular weight excluding hydrogens is 178 g/mol. The van der Waals surface area contributed by atoms with Crippen LogP contribution in [0.2, 0.25) is 0 Å². The molecule has 4 amide bonds. The van der Waals surface area contributed by atoms with Crippen molar-refractivity contribution in [2.24, 2.45) is 0 Å². The van der Waals surface area contributed by atoms with E-state index in [1.807, 2.05) is 5.32 Å². The van der Waals surface area contributed by atoms with Gasteiger partial charge in [0.05, 0.1) is 7.05 Å². The highest BCUT2D eigenvalue weighted by Gasteiger charge is 2.13. The summed E-state index contributed by atoms with van der Waals surface area (Å²) < 4.78 is 0. The molecule has 7 heteroatoms. The summed E-state index contributed by atoms with van der Waals surface area (Å²) in [7, 11) is 2.55. The van der Waals surface area contributed by atoms with Gasteiger partial charge in [0.2, 0.25) is 5.91 Å². The molecular formula is C6H11N3O4. The van der Waals surface area contributed by atoms with Gasteiger partial charge in [0.25, 0.3) is 0 Å². The summed E-state index contributed by atoms with van der Waals surface area (Å²) in [6, 6.07) is -0.809. The van der Waals surface area contributed by atoms with Gasteiger partial charge in [-0.1, -0.05) is 0 Å². The number of urea groups is 1. The van der Waals surface area contributed by atoms with Gasteiger partial charge in [-0.15, -0.1) is 0 Å². The maximum Gasteiger partial charge on any atom is 0.431 e. The van der Waals surface area contributed by atoms with E-state index in [0.717, 1.165) is 0 Å². The second-order valence-electron chi connectivity index (χ2n) is 2.11. The van der Waals surface area contributed by atoms with Crippen molar-refractivity contribution in [3.05, 3.63) is 0 Å². The highest BCUT2D eigenvalue weighted by Crippen LogP contribution is 1.86. The van der Waals surface area contributed by atoms with Crippen molar-refractivity contribution >= 4 is 18.0 Å². The predicted molar refractivity (Wildman–Crippen MR) is 42.5 cm³/mol. The molecule has 0 heterocycles. The minimum absolute atomic E-state index is 0.530. The van der Waals surface area contributed by atoms with Crippen LogP contribution in [0.3, 0.4) is 0 Å². The average Bonchev–Trinajstić information content (AvgIpc) is 2.02. The van der Waals surface area contributed by atoms with Gasteiger partial charge in [-0.05, 0) is 0 Å². The number of hydrogen-bond acceptors (Lipinski definition) is 4. The fourth-order valence-corrected chi connectivity index (χ4v) is 0.441. The van der Waals surface area contributed by atoms with Crippen molar-refractivity contribution in [3.63, 3.8) is 0 Å². The van der Waals surface area contributed by atoms with Crippen molar-refractivity contribution in [2.45, 2.75) is 6.92 Å². The molecule has 0 aromatic rings. The summed E-state index contributed by atoms with van der Waals surface area (Å²) in [5.41, 5.74) is 0. The molecule has 0 aromatic heterocycles. The predicted octanol–water partition coefficient (Wildman–Crippen LogP) is -0.555. The molecule has 0 fully saturated rings. The first-order chi connectivity index (χ1) is 5.97. The summed E-state index contributed by atoms with van der Waals surface area (Å²) in [5.74, 6) is -0.530.